The van der Waals surface area contributed by atoms with Crippen molar-refractivity contribution < 1.29 is 9.53 Å². The standard InChI is InChI=1S/C20H24N2O2S.ClH/c1-20(2)11-16(15-10-12(21)6-7-17(15)24-20)22-19(23)14-4-3-5-18-13(14)8-9-25-18;/h6-10,14,16H,3-5,11,21H2,1-2H3,(H,22,23);1H. The van der Waals surface area contributed by atoms with Crippen molar-refractivity contribution >= 4 is 35.3 Å². The summed E-state index contributed by atoms with van der Waals surface area (Å²) in [5.41, 5.74) is 8.54. The number of fused-ring (bicyclic) bond motifs is 2. The number of rotatable bonds is 2. The van der Waals surface area contributed by atoms with Gasteiger partial charge in [-0.2, -0.15) is 0 Å². The third-order valence-corrected chi connectivity index (χ3v) is 6.17. The normalized spacial score (nSPS) is 23.0. The fourth-order valence-electron chi connectivity index (χ4n) is 4.03. The third-order valence-electron chi connectivity index (χ3n) is 5.18. The van der Waals surface area contributed by atoms with Gasteiger partial charge in [-0.3, -0.25) is 4.79 Å². The number of thiophene rings is 1. The molecule has 2 atom stereocenters. The van der Waals surface area contributed by atoms with E-state index in [4.69, 9.17) is 10.5 Å². The molecule has 0 bridgehead atoms. The van der Waals surface area contributed by atoms with E-state index >= 15 is 0 Å². The first-order chi connectivity index (χ1) is 11.9. The minimum atomic E-state index is -0.318. The summed E-state index contributed by atoms with van der Waals surface area (Å²) >= 11 is 1.77. The molecule has 4 nitrogen and oxygen atoms in total. The predicted octanol–water partition coefficient (Wildman–Crippen LogP) is 4.59. The second kappa shape index (κ2) is 7.12. The van der Waals surface area contributed by atoms with Crippen molar-refractivity contribution in [3.05, 3.63) is 45.6 Å². The molecule has 1 aliphatic carbocycles. The van der Waals surface area contributed by atoms with Crippen LogP contribution in [-0.4, -0.2) is 11.5 Å². The Balaban J connectivity index is 0.00000196. The van der Waals surface area contributed by atoms with E-state index in [9.17, 15) is 4.79 Å². The van der Waals surface area contributed by atoms with Gasteiger partial charge in [0.05, 0.1) is 12.0 Å². The molecule has 0 saturated heterocycles. The number of nitrogens with two attached hydrogens (primary N) is 1. The molecule has 0 fully saturated rings. The summed E-state index contributed by atoms with van der Waals surface area (Å²) in [6.07, 6.45) is 3.83. The lowest BCUT2D eigenvalue weighted by molar-refractivity contribution is -0.124. The molecule has 2 aromatic rings. The zero-order valence-corrected chi connectivity index (χ0v) is 16.7. The van der Waals surface area contributed by atoms with E-state index in [1.54, 1.807) is 11.3 Å². The van der Waals surface area contributed by atoms with E-state index < -0.39 is 0 Å². The Labute approximate surface area is 164 Å². The van der Waals surface area contributed by atoms with E-state index in [1.165, 1.54) is 10.4 Å². The molecule has 1 amide bonds. The van der Waals surface area contributed by atoms with Crippen LogP contribution in [0.5, 0.6) is 5.75 Å². The number of amides is 1. The number of anilines is 1. The van der Waals surface area contributed by atoms with Gasteiger partial charge in [0.25, 0.3) is 0 Å². The minimum Gasteiger partial charge on any atom is -0.487 e. The van der Waals surface area contributed by atoms with Crippen LogP contribution in [-0.2, 0) is 11.2 Å². The Morgan fingerprint density at radius 3 is 2.92 bits per heavy atom. The Hall–Kier alpha value is -1.72. The predicted molar refractivity (Wildman–Crippen MR) is 108 cm³/mol. The first-order valence-corrected chi connectivity index (χ1v) is 9.76. The lowest BCUT2D eigenvalue weighted by atomic mass is 9.85. The second-order valence-corrected chi connectivity index (χ2v) is 8.67. The minimum absolute atomic E-state index is 0. The van der Waals surface area contributed by atoms with Crippen molar-refractivity contribution in [3.63, 3.8) is 0 Å². The van der Waals surface area contributed by atoms with Crippen LogP contribution < -0.4 is 15.8 Å². The molecular formula is C20H25ClN2O2S. The highest BCUT2D eigenvalue weighted by molar-refractivity contribution is 7.10. The van der Waals surface area contributed by atoms with Gasteiger partial charge in [-0.25, -0.2) is 0 Å². The van der Waals surface area contributed by atoms with Gasteiger partial charge >= 0.3 is 0 Å². The average molecular weight is 393 g/mol. The number of hydrogen-bond acceptors (Lipinski definition) is 4. The fraction of sp³-hybridized carbons (Fsp3) is 0.450. The second-order valence-electron chi connectivity index (χ2n) is 7.67. The van der Waals surface area contributed by atoms with Crippen LogP contribution in [0.25, 0.3) is 0 Å². The van der Waals surface area contributed by atoms with Gasteiger partial charge in [0.15, 0.2) is 0 Å². The highest BCUT2D eigenvalue weighted by Crippen LogP contribution is 2.41. The van der Waals surface area contributed by atoms with Crippen molar-refractivity contribution in [2.75, 3.05) is 5.73 Å². The number of nitrogen functional groups attached to an aromatic ring is 1. The maximum Gasteiger partial charge on any atom is 0.228 e. The smallest absolute Gasteiger partial charge is 0.228 e. The third kappa shape index (κ3) is 3.55. The molecule has 2 heterocycles. The summed E-state index contributed by atoms with van der Waals surface area (Å²) in [6.45, 7) is 4.12. The van der Waals surface area contributed by atoms with Gasteiger partial charge in [-0.1, -0.05) is 0 Å². The number of carbonyl (C=O) groups excluding carboxylic acids is 1. The van der Waals surface area contributed by atoms with Crippen molar-refractivity contribution in [2.24, 2.45) is 0 Å². The van der Waals surface area contributed by atoms with E-state index in [0.29, 0.717) is 5.69 Å². The largest absolute Gasteiger partial charge is 0.487 e. The number of benzene rings is 1. The number of hydrogen-bond donors (Lipinski definition) is 2. The molecular weight excluding hydrogens is 368 g/mol. The molecule has 1 aromatic carbocycles. The lowest BCUT2D eigenvalue weighted by Crippen LogP contribution is -2.42. The monoisotopic (exact) mass is 392 g/mol. The summed E-state index contributed by atoms with van der Waals surface area (Å²) in [6, 6.07) is 7.72. The van der Waals surface area contributed by atoms with Crippen LogP contribution in [0.15, 0.2) is 29.6 Å². The Bertz CT molecular complexity index is 818. The highest BCUT2D eigenvalue weighted by atomic mass is 35.5. The van der Waals surface area contributed by atoms with Gasteiger partial charge in [-0.05, 0) is 68.3 Å². The number of carbonyl (C=O) groups is 1. The molecule has 3 N–H and O–H groups in total. The van der Waals surface area contributed by atoms with E-state index in [1.807, 2.05) is 18.2 Å². The summed E-state index contributed by atoms with van der Waals surface area (Å²) in [5.74, 6) is 0.900. The molecule has 2 unspecified atom stereocenters. The van der Waals surface area contributed by atoms with Crippen molar-refractivity contribution in [3.8, 4) is 5.75 Å². The van der Waals surface area contributed by atoms with Gasteiger partial charge in [-0.15, -0.1) is 23.7 Å². The maximum absolute atomic E-state index is 13.1. The summed E-state index contributed by atoms with van der Waals surface area (Å²) in [7, 11) is 0. The molecule has 26 heavy (non-hydrogen) atoms. The SMILES string of the molecule is CC1(C)CC(NC(=O)C2CCCc3sccc32)c2cc(N)ccc2O1.Cl. The fourth-order valence-corrected chi connectivity index (χ4v) is 5.02. The van der Waals surface area contributed by atoms with Crippen molar-refractivity contribution in [1.82, 2.24) is 5.32 Å². The molecule has 0 radical (unpaired) electrons. The zero-order chi connectivity index (χ0) is 17.6. The van der Waals surface area contributed by atoms with E-state index in [2.05, 4.69) is 30.6 Å². The number of nitrogens with one attached hydrogen (secondary N) is 1. The number of aryl methyl sites for hydroxylation is 1. The molecule has 0 saturated carbocycles. The van der Waals surface area contributed by atoms with Gasteiger partial charge in [0, 0.05) is 22.5 Å². The summed E-state index contributed by atoms with van der Waals surface area (Å²) in [4.78, 5) is 14.4. The van der Waals surface area contributed by atoms with Crippen LogP contribution in [0, 0.1) is 0 Å². The van der Waals surface area contributed by atoms with Gasteiger partial charge in [0.1, 0.15) is 11.4 Å². The molecule has 0 spiro atoms. The van der Waals surface area contributed by atoms with Crippen molar-refractivity contribution in [2.45, 2.75) is 57.1 Å². The highest BCUT2D eigenvalue weighted by Gasteiger charge is 2.36. The zero-order valence-electron chi connectivity index (χ0n) is 15.1. The van der Waals surface area contributed by atoms with Gasteiger partial charge in [0.2, 0.25) is 5.91 Å². The Kier molecular flexibility index (Phi) is 5.22. The number of ether oxygens (including phenoxy) is 1. The molecule has 140 valence electrons. The van der Waals surface area contributed by atoms with Crippen LogP contribution in [0.3, 0.4) is 0 Å². The first kappa shape index (κ1) is 19.1. The Morgan fingerprint density at radius 1 is 1.31 bits per heavy atom. The maximum atomic E-state index is 13.1. The summed E-state index contributed by atoms with van der Waals surface area (Å²) < 4.78 is 6.07. The first-order valence-electron chi connectivity index (χ1n) is 8.88. The lowest BCUT2D eigenvalue weighted by Gasteiger charge is -2.38. The molecule has 4 rings (SSSR count). The van der Waals surface area contributed by atoms with E-state index in [0.717, 1.165) is 37.0 Å². The molecule has 6 heteroatoms. The number of halogens is 1. The van der Waals surface area contributed by atoms with Crippen LogP contribution >= 0.6 is 23.7 Å². The molecule has 1 aliphatic heterocycles. The Morgan fingerprint density at radius 2 is 2.12 bits per heavy atom. The van der Waals surface area contributed by atoms with E-state index in [-0.39, 0.29) is 35.9 Å². The quantitative estimate of drug-likeness (QED) is 0.734. The molecule has 2 aliphatic rings. The average Bonchev–Trinajstić information content (AvgIpc) is 3.03. The van der Waals surface area contributed by atoms with Crippen LogP contribution in [0.4, 0.5) is 5.69 Å². The summed E-state index contributed by atoms with van der Waals surface area (Å²) in [5, 5.41) is 5.39. The van der Waals surface area contributed by atoms with Gasteiger partial charge < -0.3 is 15.8 Å². The molecule has 1 aromatic heterocycles. The van der Waals surface area contributed by atoms with Crippen molar-refractivity contribution in [1.29, 1.82) is 0 Å². The topological polar surface area (TPSA) is 64.4 Å². The van der Waals surface area contributed by atoms with Crippen LogP contribution in [0.1, 0.15) is 61.1 Å². The van der Waals surface area contributed by atoms with Crippen LogP contribution in [0.2, 0.25) is 0 Å².